The van der Waals surface area contributed by atoms with Crippen molar-refractivity contribution < 1.29 is 19.1 Å². The topological polar surface area (TPSA) is 114 Å². The Morgan fingerprint density at radius 2 is 1.47 bits per heavy atom. The third kappa shape index (κ3) is 15.3. The number of carbonyl (C=O) groups is 3. The molecule has 0 aromatic heterocycles. The summed E-state index contributed by atoms with van der Waals surface area (Å²) in [6, 6.07) is 0. The quantitative estimate of drug-likeness (QED) is 0.0513. The van der Waals surface area contributed by atoms with E-state index in [9.17, 15) is 14.4 Å². The predicted molar refractivity (Wildman–Crippen MR) is 250 cm³/mol. The summed E-state index contributed by atoms with van der Waals surface area (Å²) in [6.45, 7) is 17.3. The molecule has 0 spiro atoms. The molecule has 0 saturated heterocycles. The van der Waals surface area contributed by atoms with Crippen molar-refractivity contribution in [3.8, 4) is 0 Å². The van der Waals surface area contributed by atoms with Crippen molar-refractivity contribution in [3.63, 3.8) is 0 Å². The number of hydrogen-bond donors (Lipinski definition) is 3. The van der Waals surface area contributed by atoms with E-state index in [0.29, 0.717) is 38.0 Å². The van der Waals surface area contributed by atoms with E-state index in [4.69, 9.17) is 10.5 Å². The third-order valence-electron chi connectivity index (χ3n) is 16.3. The van der Waals surface area contributed by atoms with Gasteiger partial charge in [0.25, 0.3) is 0 Å². The molecule has 0 heterocycles. The second-order valence-electron chi connectivity index (χ2n) is 21.1. The lowest BCUT2D eigenvalue weighted by molar-refractivity contribution is -0.136. The summed E-state index contributed by atoms with van der Waals surface area (Å²) in [6.07, 6.45) is 33.1. The number of unbranched alkanes of at least 4 members (excludes halogenated alkanes) is 12. The Morgan fingerprint density at radius 1 is 0.783 bits per heavy atom. The first kappa shape index (κ1) is 50.6. The molecule has 4 aliphatic rings. The number of amides is 3. The van der Waals surface area contributed by atoms with Crippen LogP contribution in [-0.2, 0) is 14.3 Å². The number of nitrogens with two attached hydrogens (primary N) is 1. The Morgan fingerprint density at radius 3 is 2.20 bits per heavy atom. The molecular weight excluding hydrogens is 745 g/mol. The van der Waals surface area contributed by atoms with Crippen LogP contribution in [0.3, 0.4) is 0 Å². The van der Waals surface area contributed by atoms with Crippen LogP contribution in [0.15, 0.2) is 11.6 Å². The van der Waals surface area contributed by atoms with Gasteiger partial charge in [-0.25, -0.2) is 4.79 Å². The molecule has 346 valence electrons. The summed E-state index contributed by atoms with van der Waals surface area (Å²) in [5.74, 6) is 5.00. The number of nitrogens with one attached hydrogen (secondary N) is 2. The van der Waals surface area contributed by atoms with Crippen LogP contribution in [-0.4, -0.2) is 61.6 Å². The van der Waals surface area contributed by atoms with Gasteiger partial charge < -0.3 is 26.0 Å². The van der Waals surface area contributed by atoms with Crippen molar-refractivity contribution in [1.82, 2.24) is 15.5 Å². The van der Waals surface area contributed by atoms with Gasteiger partial charge >= 0.3 is 6.09 Å². The fraction of sp³-hybridized carbons (Fsp3) is 0.904. The highest BCUT2D eigenvalue weighted by atomic mass is 16.6. The van der Waals surface area contributed by atoms with Crippen molar-refractivity contribution in [2.45, 2.75) is 221 Å². The van der Waals surface area contributed by atoms with E-state index in [1.807, 2.05) is 0 Å². The Hall–Kier alpha value is -2.09. The Labute approximate surface area is 368 Å². The number of nitrogens with zero attached hydrogens (tertiary/aromatic N) is 1. The van der Waals surface area contributed by atoms with Gasteiger partial charge in [-0.1, -0.05) is 137 Å². The molecule has 0 unspecified atom stereocenters. The lowest BCUT2D eigenvalue weighted by Crippen LogP contribution is -2.51. The van der Waals surface area contributed by atoms with Crippen LogP contribution in [0.1, 0.15) is 215 Å². The third-order valence-corrected chi connectivity index (χ3v) is 16.3. The van der Waals surface area contributed by atoms with Crippen LogP contribution in [0, 0.1) is 46.3 Å². The maximum Gasteiger partial charge on any atom is 0.407 e. The monoisotopic (exact) mass is 839 g/mol. The van der Waals surface area contributed by atoms with E-state index in [1.54, 1.807) is 10.5 Å². The maximum atomic E-state index is 13.2. The second-order valence-corrected chi connectivity index (χ2v) is 21.1. The molecule has 0 aliphatic heterocycles. The summed E-state index contributed by atoms with van der Waals surface area (Å²) in [7, 11) is 0. The van der Waals surface area contributed by atoms with Crippen molar-refractivity contribution >= 4 is 17.9 Å². The minimum absolute atomic E-state index is 0.0331. The van der Waals surface area contributed by atoms with Crippen LogP contribution in [0.5, 0.6) is 0 Å². The molecule has 0 radical (unpaired) electrons. The summed E-state index contributed by atoms with van der Waals surface area (Å²) in [5.41, 5.74) is 7.93. The Kier molecular flexibility index (Phi) is 22.3. The molecular formula is C52H94N4O4. The smallest absolute Gasteiger partial charge is 0.407 e. The largest absolute Gasteiger partial charge is 0.446 e. The molecule has 4 aliphatic carbocycles. The molecule has 4 N–H and O–H groups in total. The zero-order valence-electron chi connectivity index (χ0n) is 39.9. The zero-order chi connectivity index (χ0) is 43.4. The highest BCUT2D eigenvalue weighted by Gasteiger charge is 2.59. The standard InChI is InChI=1S/C52H94N4O4/c1-7-8-9-10-11-12-13-14-17-25-49(58)56(39-48(57)54-35-20-18-34-53)37-21-16-15-19-36-55-50(59)60-43-30-32-51(5)42(38-43)26-27-44-46-29-28-45(41(4)24-22-23-40(2)3)52(46,6)33-31-47(44)51/h26,40-41,43-47H,7-25,27-39,53H2,1-6H3,(H,54,57)(H,55,59)/t41-,43+,44+,45-,46+,47+,51+,52-/m1/s1. The second kappa shape index (κ2) is 26.5. The molecule has 8 heteroatoms. The molecule has 0 aromatic rings. The molecule has 8 nitrogen and oxygen atoms in total. The van der Waals surface area contributed by atoms with Gasteiger partial charge in [-0.2, -0.15) is 0 Å². The number of fused-ring (bicyclic) bond motifs is 5. The van der Waals surface area contributed by atoms with Gasteiger partial charge in [-0.3, -0.25) is 9.59 Å². The number of ether oxygens (including phenoxy) is 1. The molecule has 8 atom stereocenters. The predicted octanol–water partition coefficient (Wildman–Crippen LogP) is 12.3. The number of allylic oxidation sites excluding steroid dienone is 1. The fourth-order valence-corrected chi connectivity index (χ4v) is 12.7. The van der Waals surface area contributed by atoms with Crippen LogP contribution < -0.4 is 16.4 Å². The van der Waals surface area contributed by atoms with Crippen molar-refractivity contribution in [1.29, 1.82) is 0 Å². The summed E-state index contributed by atoms with van der Waals surface area (Å²) in [4.78, 5) is 40.6. The number of alkyl carbamates (subject to hydrolysis) is 1. The van der Waals surface area contributed by atoms with Crippen LogP contribution in [0.4, 0.5) is 4.79 Å². The molecule has 60 heavy (non-hydrogen) atoms. The molecule has 3 saturated carbocycles. The number of carbonyl (C=O) groups excluding carboxylic acids is 3. The SMILES string of the molecule is CCCCCCCCCCCC(=O)N(CCCCCCNC(=O)O[C@H]1CC[C@@]2(C)C(=CC[C@H]3[C@@H]4CC[C@H]([C@H](C)CCCC(C)C)[C@@]4(C)CC[C@@H]32)C1)CC(=O)NCCCCN. The first-order valence-electron chi connectivity index (χ1n) is 25.8. The number of hydrogen-bond acceptors (Lipinski definition) is 5. The van der Waals surface area contributed by atoms with Crippen LogP contribution >= 0.6 is 0 Å². The minimum atomic E-state index is -0.281. The van der Waals surface area contributed by atoms with Gasteiger partial charge in [0.05, 0.1) is 6.54 Å². The molecule has 0 bridgehead atoms. The van der Waals surface area contributed by atoms with Gasteiger partial charge in [0.2, 0.25) is 11.8 Å². The van der Waals surface area contributed by atoms with Crippen molar-refractivity contribution in [2.75, 3.05) is 32.7 Å². The number of rotatable bonds is 29. The average molecular weight is 839 g/mol. The molecule has 3 amide bonds. The molecule has 3 fully saturated rings. The molecule has 4 rings (SSSR count). The summed E-state index contributed by atoms with van der Waals surface area (Å²) in [5, 5.41) is 6.00. The van der Waals surface area contributed by atoms with E-state index >= 15 is 0 Å². The minimum Gasteiger partial charge on any atom is -0.446 e. The van der Waals surface area contributed by atoms with E-state index < -0.39 is 0 Å². The van der Waals surface area contributed by atoms with Crippen LogP contribution in [0.25, 0.3) is 0 Å². The highest BCUT2D eigenvalue weighted by Crippen LogP contribution is 2.67. The van der Waals surface area contributed by atoms with Crippen molar-refractivity contribution in [3.05, 3.63) is 11.6 Å². The van der Waals surface area contributed by atoms with Gasteiger partial charge in [0.15, 0.2) is 0 Å². The van der Waals surface area contributed by atoms with Gasteiger partial charge in [-0.05, 0) is 130 Å². The first-order valence-corrected chi connectivity index (χ1v) is 25.8. The maximum absolute atomic E-state index is 13.2. The average Bonchev–Trinajstić information content (AvgIpc) is 3.58. The van der Waals surface area contributed by atoms with Crippen molar-refractivity contribution in [2.24, 2.45) is 52.1 Å². The van der Waals surface area contributed by atoms with E-state index in [0.717, 1.165) is 106 Å². The van der Waals surface area contributed by atoms with Gasteiger partial charge in [-0.15, -0.1) is 0 Å². The highest BCUT2D eigenvalue weighted by molar-refractivity contribution is 5.84. The van der Waals surface area contributed by atoms with Gasteiger partial charge in [0, 0.05) is 32.5 Å². The van der Waals surface area contributed by atoms with Gasteiger partial charge in [0.1, 0.15) is 6.10 Å². The first-order chi connectivity index (χ1) is 28.9. The zero-order valence-corrected chi connectivity index (χ0v) is 39.9. The van der Waals surface area contributed by atoms with Crippen LogP contribution in [0.2, 0.25) is 0 Å². The summed E-state index contributed by atoms with van der Waals surface area (Å²) < 4.78 is 6.05. The Bertz CT molecular complexity index is 1300. The fourth-order valence-electron chi connectivity index (χ4n) is 12.7. The lowest BCUT2D eigenvalue weighted by Gasteiger charge is -2.58. The molecule has 0 aromatic carbocycles. The van der Waals surface area contributed by atoms with E-state index in [2.05, 4.69) is 58.3 Å². The normalized spacial score (nSPS) is 27.7. The summed E-state index contributed by atoms with van der Waals surface area (Å²) >= 11 is 0. The van der Waals surface area contributed by atoms with E-state index in [-0.39, 0.29) is 36.0 Å². The van der Waals surface area contributed by atoms with E-state index in [1.165, 1.54) is 96.3 Å². The lowest BCUT2D eigenvalue weighted by atomic mass is 9.47. The Balaban J connectivity index is 1.13.